The highest BCUT2D eigenvalue weighted by Crippen LogP contribution is 2.30. The van der Waals surface area contributed by atoms with Gasteiger partial charge < -0.3 is 10.6 Å². The molecule has 1 unspecified atom stereocenters. The fourth-order valence-electron chi connectivity index (χ4n) is 2.34. The summed E-state index contributed by atoms with van der Waals surface area (Å²) in [6, 6.07) is 9.09. The number of fused-ring (bicyclic) bond motifs is 1. The molecule has 0 spiro atoms. The maximum absolute atomic E-state index is 7.31. The molecule has 1 aromatic rings. The van der Waals surface area contributed by atoms with E-state index in [1.807, 2.05) is 0 Å². The summed E-state index contributed by atoms with van der Waals surface area (Å²) in [6.07, 6.45) is 3.00. The maximum Gasteiger partial charge on any atom is 0.0923 e. The van der Waals surface area contributed by atoms with Crippen molar-refractivity contribution in [3.8, 4) is 0 Å². The van der Waals surface area contributed by atoms with Gasteiger partial charge in [-0.1, -0.05) is 18.2 Å². The second kappa shape index (κ2) is 4.56. The van der Waals surface area contributed by atoms with Crippen LogP contribution in [-0.4, -0.2) is 18.4 Å². The van der Waals surface area contributed by atoms with Crippen molar-refractivity contribution in [2.45, 2.75) is 32.2 Å². The predicted molar refractivity (Wildman–Crippen MR) is 68.1 cm³/mol. The number of anilines is 1. The molecule has 3 nitrogen and oxygen atoms in total. The first-order valence-corrected chi connectivity index (χ1v) is 5.86. The number of aryl methyl sites for hydroxylation is 1. The summed E-state index contributed by atoms with van der Waals surface area (Å²) in [4.78, 5) is 2.38. The smallest absolute Gasteiger partial charge is 0.0923 e. The Morgan fingerprint density at radius 1 is 1.50 bits per heavy atom. The molecule has 2 rings (SSSR count). The van der Waals surface area contributed by atoms with Crippen molar-refractivity contribution in [1.29, 1.82) is 5.41 Å². The van der Waals surface area contributed by atoms with Gasteiger partial charge in [-0.25, -0.2) is 0 Å². The van der Waals surface area contributed by atoms with Crippen LogP contribution in [0.2, 0.25) is 0 Å². The zero-order valence-corrected chi connectivity index (χ0v) is 9.74. The summed E-state index contributed by atoms with van der Waals surface area (Å²) in [5.41, 5.74) is 8.17. The molecule has 1 atom stereocenters. The second-order valence-corrected chi connectivity index (χ2v) is 4.49. The van der Waals surface area contributed by atoms with Crippen molar-refractivity contribution in [2.75, 3.05) is 11.4 Å². The molecule has 16 heavy (non-hydrogen) atoms. The van der Waals surface area contributed by atoms with Crippen molar-refractivity contribution in [3.63, 3.8) is 0 Å². The molecule has 1 aromatic carbocycles. The Labute approximate surface area is 96.8 Å². The number of hydrogen-bond donors (Lipinski definition) is 2. The van der Waals surface area contributed by atoms with Gasteiger partial charge in [0.2, 0.25) is 0 Å². The van der Waals surface area contributed by atoms with Gasteiger partial charge in [0.1, 0.15) is 0 Å². The topological polar surface area (TPSA) is 53.1 Å². The monoisotopic (exact) mass is 217 g/mol. The van der Waals surface area contributed by atoms with Crippen LogP contribution in [0.25, 0.3) is 0 Å². The second-order valence-electron chi connectivity index (χ2n) is 4.49. The Balaban J connectivity index is 2.19. The molecule has 1 aliphatic rings. The number of nitrogens with zero attached hydrogens (tertiary/aromatic N) is 1. The summed E-state index contributed by atoms with van der Waals surface area (Å²) < 4.78 is 0. The van der Waals surface area contributed by atoms with Crippen molar-refractivity contribution in [3.05, 3.63) is 29.8 Å². The third-order valence-electron chi connectivity index (χ3n) is 3.29. The molecule has 0 saturated heterocycles. The van der Waals surface area contributed by atoms with Crippen molar-refractivity contribution < 1.29 is 0 Å². The first kappa shape index (κ1) is 11.0. The molecular weight excluding hydrogens is 198 g/mol. The lowest BCUT2D eigenvalue weighted by Crippen LogP contribution is -2.39. The molecular formula is C13H19N3. The minimum atomic E-state index is 0.273. The van der Waals surface area contributed by atoms with Crippen LogP contribution >= 0.6 is 0 Å². The Morgan fingerprint density at radius 2 is 2.25 bits per heavy atom. The van der Waals surface area contributed by atoms with E-state index in [2.05, 4.69) is 36.1 Å². The van der Waals surface area contributed by atoms with E-state index in [1.54, 1.807) is 0 Å². The van der Waals surface area contributed by atoms with Gasteiger partial charge >= 0.3 is 0 Å². The number of benzene rings is 1. The fraction of sp³-hybridized carbons (Fsp3) is 0.462. The molecule has 3 N–H and O–H groups in total. The minimum absolute atomic E-state index is 0.273. The first-order chi connectivity index (χ1) is 7.68. The Hall–Kier alpha value is -1.51. The quantitative estimate of drug-likeness (QED) is 0.602. The largest absolute Gasteiger partial charge is 0.388 e. The van der Waals surface area contributed by atoms with Crippen LogP contribution in [-0.2, 0) is 6.42 Å². The van der Waals surface area contributed by atoms with Crippen LogP contribution in [0.1, 0.15) is 25.3 Å². The van der Waals surface area contributed by atoms with E-state index in [-0.39, 0.29) is 5.84 Å². The summed E-state index contributed by atoms with van der Waals surface area (Å²) in [6.45, 7) is 3.10. The third kappa shape index (κ3) is 2.18. The molecule has 1 heterocycles. The van der Waals surface area contributed by atoms with Gasteiger partial charge in [-0.15, -0.1) is 0 Å². The fourth-order valence-corrected chi connectivity index (χ4v) is 2.34. The van der Waals surface area contributed by atoms with Crippen molar-refractivity contribution in [1.82, 2.24) is 0 Å². The van der Waals surface area contributed by atoms with E-state index in [9.17, 15) is 0 Å². The van der Waals surface area contributed by atoms with Crippen molar-refractivity contribution >= 4 is 11.5 Å². The molecule has 0 bridgehead atoms. The lowest BCUT2D eigenvalue weighted by molar-refractivity contribution is 0.566. The highest BCUT2D eigenvalue weighted by atomic mass is 15.2. The van der Waals surface area contributed by atoms with E-state index in [4.69, 9.17) is 11.1 Å². The van der Waals surface area contributed by atoms with Gasteiger partial charge in [0, 0.05) is 24.7 Å². The lowest BCUT2D eigenvalue weighted by Gasteiger charge is -2.37. The normalized spacial score (nSPS) is 19.3. The molecule has 1 aliphatic heterocycles. The number of nitrogens with two attached hydrogens (primary N) is 1. The van der Waals surface area contributed by atoms with Gasteiger partial charge in [0.05, 0.1) is 5.84 Å². The van der Waals surface area contributed by atoms with E-state index >= 15 is 0 Å². The van der Waals surface area contributed by atoms with Gasteiger partial charge in [0.25, 0.3) is 0 Å². The summed E-state index contributed by atoms with van der Waals surface area (Å²) in [5, 5.41) is 7.31. The number of hydrogen-bond acceptors (Lipinski definition) is 2. The SMILES string of the molecule is CC1CCc2ccccc2N1CCC(=N)N. The summed E-state index contributed by atoms with van der Waals surface area (Å²) >= 11 is 0. The number of para-hydroxylation sites is 1. The first-order valence-electron chi connectivity index (χ1n) is 5.86. The molecule has 0 radical (unpaired) electrons. The minimum Gasteiger partial charge on any atom is -0.388 e. The standard InChI is InChI=1S/C13H19N3/c1-10-6-7-11-4-2-3-5-12(11)16(10)9-8-13(14)15/h2-5,10H,6-9H2,1H3,(H3,14,15). The Morgan fingerprint density at radius 3 is 3.00 bits per heavy atom. The van der Waals surface area contributed by atoms with E-state index in [0.717, 1.165) is 13.0 Å². The summed E-state index contributed by atoms with van der Waals surface area (Å²) in [7, 11) is 0. The van der Waals surface area contributed by atoms with Crippen LogP contribution in [0.15, 0.2) is 24.3 Å². The Bertz CT molecular complexity index is 387. The molecule has 0 aromatic heterocycles. The highest BCUT2D eigenvalue weighted by Gasteiger charge is 2.21. The highest BCUT2D eigenvalue weighted by molar-refractivity contribution is 5.77. The van der Waals surface area contributed by atoms with Gasteiger partial charge in [-0.05, 0) is 31.4 Å². The van der Waals surface area contributed by atoms with Crippen molar-refractivity contribution in [2.24, 2.45) is 5.73 Å². The number of rotatable bonds is 3. The van der Waals surface area contributed by atoms with E-state index < -0.39 is 0 Å². The predicted octanol–water partition coefficient (Wildman–Crippen LogP) is 2.15. The third-order valence-corrected chi connectivity index (χ3v) is 3.29. The van der Waals surface area contributed by atoms with Crippen LogP contribution in [0.3, 0.4) is 0 Å². The average molecular weight is 217 g/mol. The molecule has 0 saturated carbocycles. The molecule has 3 heteroatoms. The van der Waals surface area contributed by atoms with E-state index in [0.29, 0.717) is 12.5 Å². The van der Waals surface area contributed by atoms with Crippen LogP contribution in [0.4, 0.5) is 5.69 Å². The zero-order valence-electron chi connectivity index (χ0n) is 9.74. The van der Waals surface area contributed by atoms with Crippen LogP contribution in [0, 0.1) is 5.41 Å². The number of amidine groups is 1. The number of nitrogens with one attached hydrogen (secondary N) is 1. The van der Waals surface area contributed by atoms with Crippen LogP contribution < -0.4 is 10.6 Å². The zero-order chi connectivity index (χ0) is 11.5. The van der Waals surface area contributed by atoms with Crippen LogP contribution in [0.5, 0.6) is 0 Å². The maximum atomic E-state index is 7.31. The molecule has 0 fully saturated rings. The summed E-state index contributed by atoms with van der Waals surface area (Å²) in [5.74, 6) is 0.273. The molecule has 86 valence electrons. The lowest BCUT2D eigenvalue weighted by atomic mass is 9.96. The average Bonchev–Trinajstić information content (AvgIpc) is 2.27. The molecule has 0 amide bonds. The van der Waals surface area contributed by atoms with Gasteiger partial charge in [0.15, 0.2) is 0 Å². The Kier molecular flexibility index (Phi) is 3.13. The molecule has 0 aliphatic carbocycles. The van der Waals surface area contributed by atoms with Gasteiger partial charge in [-0.3, -0.25) is 5.41 Å². The van der Waals surface area contributed by atoms with E-state index in [1.165, 1.54) is 17.7 Å². The van der Waals surface area contributed by atoms with Gasteiger partial charge in [-0.2, -0.15) is 0 Å².